The summed E-state index contributed by atoms with van der Waals surface area (Å²) >= 11 is 6.31. The van der Waals surface area contributed by atoms with Gasteiger partial charge in [-0.25, -0.2) is 0 Å². The molecule has 2 heterocycles. The first-order valence-corrected chi connectivity index (χ1v) is 12.8. The quantitative estimate of drug-likeness (QED) is 0.106. The monoisotopic (exact) mass is 596 g/mol. The predicted molar refractivity (Wildman–Crippen MR) is 140 cm³/mol. The molecule has 0 aromatic heterocycles. The maximum absolute atomic E-state index is 13.5. The van der Waals surface area contributed by atoms with E-state index in [1.54, 1.807) is 0 Å². The smallest absolute Gasteiger partial charge is 0.303 e. The van der Waals surface area contributed by atoms with E-state index < -0.39 is 72.0 Å². The molecule has 2 aliphatic rings. The van der Waals surface area contributed by atoms with Gasteiger partial charge in [-0.05, 0) is 23.8 Å². The van der Waals surface area contributed by atoms with Crippen LogP contribution in [0.2, 0.25) is 0 Å². The summed E-state index contributed by atoms with van der Waals surface area (Å²) in [7, 11) is 0. The van der Waals surface area contributed by atoms with E-state index in [4.69, 9.17) is 35.9 Å². The van der Waals surface area contributed by atoms with Crippen LogP contribution in [-0.2, 0) is 47.7 Å². The summed E-state index contributed by atoms with van der Waals surface area (Å²) in [5, 5.41) is 10.9. The Morgan fingerprint density at radius 2 is 1.52 bits per heavy atom. The third kappa shape index (κ3) is 7.40. The molecule has 16 heteroatoms. The Hall–Kier alpha value is -3.89. The Morgan fingerprint density at radius 1 is 0.975 bits per heavy atom. The molecule has 0 saturated carbocycles. The van der Waals surface area contributed by atoms with E-state index in [2.05, 4.69) is 0 Å². The summed E-state index contributed by atoms with van der Waals surface area (Å²) in [5.41, 5.74) is 0.329. The molecule has 1 aromatic carbocycles. The van der Waals surface area contributed by atoms with E-state index in [1.165, 1.54) is 30.3 Å². The lowest BCUT2D eigenvalue weighted by Gasteiger charge is -2.46. The number of thioether (sulfide) groups is 1. The molecule has 2 aliphatic heterocycles. The number of esters is 4. The fourth-order valence-corrected chi connectivity index (χ4v) is 5.27. The summed E-state index contributed by atoms with van der Waals surface area (Å²) in [5.74, 6) is -3.81. The van der Waals surface area contributed by atoms with E-state index in [9.17, 15) is 34.1 Å². The third-order valence-corrected chi connectivity index (χ3v) is 6.78. The summed E-state index contributed by atoms with van der Waals surface area (Å²) in [6.07, 6.45) is -5.69. The van der Waals surface area contributed by atoms with Crippen molar-refractivity contribution in [3.05, 3.63) is 44.8 Å². The van der Waals surface area contributed by atoms with Crippen LogP contribution in [0.15, 0.2) is 29.2 Å². The second-order valence-corrected chi connectivity index (χ2v) is 10.2. The molecule has 1 aromatic rings. The van der Waals surface area contributed by atoms with Crippen LogP contribution in [0.1, 0.15) is 33.3 Å². The van der Waals surface area contributed by atoms with Crippen LogP contribution in [-0.4, -0.2) is 81.2 Å². The molecule has 0 spiro atoms. The van der Waals surface area contributed by atoms with Crippen LogP contribution in [0.5, 0.6) is 0 Å². The van der Waals surface area contributed by atoms with Gasteiger partial charge in [-0.1, -0.05) is 24.0 Å². The number of nitro groups is 1. The molecule has 3 rings (SSSR count). The minimum absolute atomic E-state index is 0.0148. The number of benzene rings is 1. The van der Waals surface area contributed by atoms with Crippen molar-refractivity contribution in [2.24, 2.45) is 0 Å². The largest absolute Gasteiger partial charge is 0.463 e. The maximum atomic E-state index is 13.5. The Balaban J connectivity index is 2.03. The van der Waals surface area contributed by atoms with E-state index in [0.29, 0.717) is 5.56 Å². The molecule has 2 fully saturated rings. The van der Waals surface area contributed by atoms with Gasteiger partial charge in [0.15, 0.2) is 28.9 Å². The zero-order valence-corrected chi connectivity index (χ0v) is 23.2. The van der Waals surface area contributed by atoms with Gasteiger partial charge in [0.2, 0.25) is 0 Å². The van der Waals surface area contributed by atoms with Gasteiger partial charge in [-0.15, -0.1) is 0 Å². The fourth-order valence-electron chi connectivity index (χ4n) is 3.96. The highest BCUT2D eigenvalue weighted by molar-refractivity contribution is 8.26. The number of ether oxygens (including phenoxy) is 5. The van der Waals surface area contributed by atoms with Crippen molar-refractivity contribution in [2.45, 2.75) is 58.3 Å². The second kappa shape index (κ2) is 13.0. The van der Waals surface area contributed by atoms with Crippen LogP contribution < -0.4 is 0 Å². The van der Waals surface area contributed by atoms with Gasteiger partial charge in [0.25, 0.3) is 11.6 Å². The molecular weight excluding hydrogens is 572 g/mol. The number of hydrogen-bond donors (Lipinski definition) is 0. The highest BCUT2D eigenvalue weighted by atomic mass is 32.2. The minimum Gasteiger partial charge on any atom is -0.463 e. The van der Waals surface area contributed by atoms with Crippen molar-refractivity contribution in [1.82, 2.24) is 4.90 Å². The van der Waals surface area contributed by atoms with Crippen molar-refractivity contribution >= 4 is 69.8 Å². The van der Waals surface area contributed by atoms with Gasteiger partial charge in [0.05, 0.1) is 9.83 Å². The number of hydrogen-bond acceptors (Lipinski definition) is 14. The molecule has 0 N–H and O–H groups in total. The summed E-state index contributed by atoms with van der Waals surface area (Å²) in [6, 6.07) is 5.43. The van der Waals surface area contributed by atoms with E-state index >= 15 is 0 Å². The summed E-state index contributed by atoms with van der Waals surface area (Å²) in [6.45, 7) is 3.91. The van der Waals surface area contributed by atoms with Gasteiger partial charge in [0.1, 0.15) is 12.7 Å². The molecule has 5 atom stereocenters. The van der Waals surface area contributed by atoms with Crippen molar-refractivity contribution < 1.29 is 52.6 Å². The van der Waals surface area contributed by atoms with Gasteiger partial charge >= 0.3 is 23.9 Å². The van der Waals surface area contributed by atoms with Crippen LogP contribution in [0.25, 0.3) is 6.08 Å². The number of nitro benzene ring substituents is 1. The molecule has 40 heavy (non-hydrogen) atoms. The molecule has 0 aliphatic carbocycles. The van der Waals surface area contributed by atoms with Crippen molar-refractivity contribution in [2.75, 3.05) is 6.61 Å². The van der Waals surface area contributed by atoms with Crippen molar-refractivity contribution in [3.8, 4) is 0 Å². The number of nitrogens with zero attached hydrogens (tertiary/aromatic N) is 2. The average molecular weight is 597 g/mol. The van der Waals surface area contributed by atoms with Crippen LogP contribution in [0.3, 0.4) is 0 Å². The first kappa shape index (κ1) is 30.6. The van der Waals surface area contributed by atoms with Gasteiger partial charge in [-0.2, -0.15) is 0 Å². The topological polar surface area (TPSA) is 178 Å². The molecule has 2 saturated heterocycles. The third-order valence-electron chi connectivity index (χ3n) is 5.45. The highest BCUT2D eigenvalue weighted by Crippen LogP contribution is 2.39. The van der Waals surface area contributed by atoms with E-state index in [1.807, 2.05) is 0 Å². The molecule has 14 nitrogen and oxygen atoms in total. The van der Waals surface area contributed by atoms with Crippen molar-refractivity contribution in [3.63, 3.8) is 0 Å². The van der Waals surface area contributed by atoms with Crippen LogP contribution in [0, 0.1) is 10.1 Å². The van der Waals surface area contributed by atoms with Gasteiger partial charge in [-0.3, -0.25) is 39.0 Å². The van der Waals surface area contributed by atoms with Gasteiger partial charge in [0, 0.05) is 39.8 Å². The van der Waals surface area contributed by atoms with E-state index in [-0.39, 0.29) is 14.9 Å². The highest BCUT2D eigenvalue weighted by Gasteiger charge is 2.56. The predicted octanol–water partition coefficient (Wildman–Crippen LogP) is 1.88. The first-order valence-electron chi connectivity index (χ1n) is 11.6. The zero-order valence-electron chi connectivity index (χ0n) is 21.6. The molecule has 214 valence electrons. The summed E-state index contributed by atoms with van der Waals surface area (Å²) < 4.78 is 27.2. The first-order chi connectivity index (χ1) is 18.8. The Labute approximate surface area is 237 Å². The maximum Gasteiger partial charge on any atom is 0.303 e. The number of carbonyl (C=O) groups excluding carboxylic acids is 5. The van der Waals surface area contributed by atoms with Crippen molar-refractivity contribution in [1.29, 1.82) is 0 Å². The molecule has 0 radical (unpaired) electrons. The van der Waals surface area contributed by atoms with E-state index in [0.717, 1.165) is 44.4 Å². The normalized spacial score (nSPS) is 25.4. The lowest BCUT2D eigenvalue weighted by molar-refractivity contribution is -0.384. The van der Waals surface area contributed by atoms with Gasteiger partial charge < -0.3 is 23.7 Å². The van der Waals surface area contributed by atoms with Crippen LogP contribution in [0.4, 0.5) is 5.69 Å². The number of thiocarbonyl (C=S) groups is 1. The zero-order chi connectivity index (χ0) is 29.7. The average Bonchev–Trinajstić information content (AvgIpc) is 3.12. The Morgan fingerprint density at radius 3 is 2.05 bits per heavy atom. The Bertz CT molecular complexity index is 1260. The molecule has 1 amide bonds. The lowest BCUT2D eigenvalue weighted by atomic mass is 9.96. The fraction of sp³-hybridized carbons (Fsp3) is 0.417. The number of carbonyl (C=O) groups is 5. The second-order valence-electron chi connectivity index (χ2n) is 8.49. The number of rotatable bonds is 8. The molecular formula is C24H24N2O12S2. The standard InChI is InChI=1S/C24H24N2O12S2/c1-11(27)34-10-17-19(35-12(2)28)20(36-13(3)29)21(37-14(4)30)23(38-17)25-22(31)18(40-24(25)39)9-15-5-7-16(8-6-15)26(32)33/h5-9,17,19-21,23H,10H2,1-4H3/b18-9+/t17-,19+,20-,21-,23+/m0/s1. The molecule has 0 unspecified atom stereocenters. The minimum atomic E-state index is -1.51. The van der Waals surface area contributed by atoms with Crippen LogP contribution >= 0.6 is 24.0 Å². The SMILES string of the molecule is CC(=O)OC[C@@H]1O[C@@H](N2C(=O)/C(=C\c3ccc([N+](=O)[O-])cc3)SC2=S)[C@@H](OC(C)=O)[C@@H](OC(C)=O)[C@@H]1OC(C)=O. The molecule has 0 bridgehead atoms. The number of non-ortho nitro benzene ring substituents is 1. The summed E-state index contributed by atoms with van der Waals surface area (Å²) in [4.78, 5) is 72.6. The Kier molecular flexibility index (Phi) is 9.94. The number of amides is 1. The lowest BCUT2D eigenvalue weighted by Crippen LogP contribution is -2.66.